The third-order valence-electron chi connectivity index (χ3n) is 2.99. The van der Waals surface area contributed by atoms with Gasteiger partial charge in [-0.1, -0.05) is 27.7 Å². The zero-order valence-corrected chi connectivity index (χ0v) is 12.1. The highest BCUT2D eigenvalue weighted by Crippen LogP contribution is 2.23. The molecular formula is C13H24N2S. The molecule has 0 fully saturated rings. The normalized spacial score (nSPS) is 15.8. The van der Waals surface area contributed by atoms with E-state index < -0.39 is 0 Å². The van der Waals surface area contributed by atoms with E-state index in [1.165, 1.54) is 10.7 Å². The van der Waals surface area contributed by atoms with Gasteiger partial charge in [0.1, 0.15) is 0 Å². The molecule has 1 aromatic rings. The Morgan fingerprint density at radius 3 is 2.19 bits per heavy atom. The van der Waals surface area contributed by atoms with E-state index in [2.05, 4.69) is 57.2 Å². The predicted octanol–water partition coefficient (Wildman–Crippen LogP) is 3.96. The first-order valence-corrected chi connectivity index (χ1v) is 7.01. The summed E-state index contributed by atoms with van der Waals surface area (Å²) in [4.78, 5) is 4.68. The second-order valence-corrected chi connectivity index (χ2v) is 6.08. The van der Waals surface area contributed by atoms with Gasteiger partial charge in [0.2, 0.25) is 0 Å². The lowest BCUT2D eigenvalue weighted by Gasteiger charge is -2.21. The summed E-state index contributed by atoms with van der Waals surface area (Å²) in [6.07, 6.45) is 0. The fourth-order valence-electron chi connectivity index (χ4n) is 1.44. The average molecular weight is 240 g/mol. The molecule has 0 radical (unpaired) electrons. The highest BCUT2D eigenvalue weighted by molar-refractivity contribution is 7.09. The molecule has 2 atom stereocenters. The molecule has 1 rings (SSSR count). The van der Waals surface area contributed by atoms with Crippen LogP contribution in [0.1, 0.15) is 64.2 Å². The Morgan fingerprint density at radius 1 is 1.12 bits per heavy atom. The van der Waals surface area contributed by atoms with Gasteiger partial charge < -0.3 is 5.32 Å². The summed E-state index contributed by atoms with van der Waals surface area (Å²) in [5.41, 5.74) is 1.18. The average Bonchev–Trinajstić information content (AvgIpc) is 2.65. The molecule has 0 bridgehead atoms. The lowest BCUT2D eigenvalue weighted by atomic mass is 10.1. The van der Waals surface area contributed by atoms with Crippen LogP contribution >= 0.6 is 11.3 Å². The molecule has 0 saturated carbocycles. The number of nitrogens with zero attached hydrogens (tertiary/aromatic N) is 1. The van der Waals surface area contributed by atoms with Gasteiger partial charge >= 0.3 is 0 Å². The van der Waals surface area contributed by atoms with E-state index in [4.69, 9.17) is 0 Å². The van der Waals surface area contributed by atoms with Gasteiger partial charge in [-0.25, -0.2) is 4.98 Å². The summed E-state index contributed by atoms with van der Waals surface area (Å²) >= 11 is 1.77. The zero-order chi connectivity index (χ0) is 12.3. The van der Waals surface area contributed by atoms with E-state index in [0.717, 1.165) is 0 Å². The minimum absolute atomic E-state index is 0.348. The Kier molecular flexibility index (Phi) is 4.93. The highest BCUT2D eigenvalue weighted by Gasteiger charge is 2.15. The van der Waals surface area contributed by atoms with Gasteiger partial charge in [-0.3, -0.25) is 0 Å². The van der Waals surface area contributed by atoms with Gasteiger partial charge in [0.25, 0.3) is 0 Å². The van der Waals surface area contributed by atoms with E-state index in [9.17, 15) is 0 Å². The standard InChI is InChI=1S/C13H24N2S/c1-8(2)10(5)14-11(6)12-7-16-13(15-12)9(3)4/h7-11,14H,1-6H3. The van der Waals surface area contributed by atoms with Crippen LogP contribution < -0.4 is 5.32 Å². The van der Waals surface area contributed by atoms with Gasteiger partial charge in [-0.2, -0.15) is 0 Å². The summed E-state index contributed by atoms with van der Waals surface area (Å²) in [5.74, 6) is 1.19. The third-order valence-corrected chi connectivity index (χ3v) is 4.15. The summed E-state index contributed by atoms with van der Waals surface area (Å²) in [6, 6.07) is 0.875. The Morgan fingerprint density at radius 2 is 1.75 bits per heavy atom. The van der Waals surface area contributed by atoms with Crippen LogP contribution in [0.25, 0.3) is 0 Å². The summed E-state index contributed by atoms with van der Waals surface area (Å²) in [5, 5.41) is 7.01. The van der Waals surface area contributed by atoms with Crippen molar-refractivity contribution in [3.63, 3.8) is 0 Å². The number of thiazole rings is 1. The van der Waals surface area contributed by atoms with Crippen LogP contribution in [0.15, 0.2) is 5.38 Å². The van der Waals surface area contributed by atoms with Gasteiger partial charge in [0.05, 0.1) is 10.7 Å². The number of hydrogen-bond donors (Lipinski definition) is 1. The molecule has 0 amide bonds. The second-order valence-electron chi connectivity index (χ2n) is 5.19. The van der Waals surface area contributed by atoms with E-state index in [1.54, 1.807) is 11.3 Å². The van der Waals surface area contributed by atoms with Crippen LogP contribution in [-0.2, 0) is 0 Å². The van der Waals surface area contributed by atoms with Crippen LogP contribution in [0.3, 0.4) is 0 Å². The van der Waals surface area contributed by atoms with Crippen LogP contribution in [0, 0.1) is 5.92 Å². The molecule has 3 heteroatoms. The van der Waals surface area contributed by atoms with E-state index in [0.29, 0.717) is 23.9 Å². The third kappa shape index (κ3) is 3.56. The van der Waals surface area contributed by atoms with Gasteiger partial charge in [-0.15, -0.1) is 11.3 Å². The smallest absolute Gasteiger partial charge is 0.0954 e. The molecule has 1 N–H and O–H groups in total. The van der Waals surface area contributed by atoms with Gasteiger partial charge in [0.15, 0.2) is 0 Å². The van der Waals surface area contributed by atoms with Crippen molar-refractivity contribution in [3.05, 3.63) is 16.1 Å². The maximum Gasteiger partial charge on any atom is 0.0954 e. The molecule has 0 saturated heterocycles. The van der Waals surface area contributed by atoms with Crippen molar-refractivity contribution in [1.29, 1.82) is 0 Å². The van der Waals surface area contributed by atoms with Crippen molar-refractivity contribution in [1.82, 2.24) is 10.3 Å². The van der Waals surface area contributed by atoms with Gasteiger partial charge in [-0.05, 0) is 19.8 Å². The molecule has 0 aliphatic heterocycles. The molecule has 16 heavy (non-hydrogen) atoms. The van der Waals surface area contributed by atoms with Crippen LogP contribution in [-0.4, -0.2) is 11.0 Å². The lowest BCUT2D eigenvalue weighted by Crippen LogP contribution is -2.33. The Hall–Kier alpha value is -0.410. The number of nitrogens with one attached hydrogen (secondary N) is 1. The molecule has 1 aromatic heterocycles. The second kappa shape index (κ2) is 5.78. The quantitative estimate of drug-likeness (QED) is 0.842. The first-order valence-electron chi connectivity index (χ1n) is 6.13. The number of aromatic nitrogens is 1. The molecule has 0 aliphatic carbocycles. The maximum atomic E-state index is 4.68. The summed E-state index contributed by atoms with van der Waals surface area (Å²) < 4.78 is 0. The fraction of sp³-hybridized carbons (Fsp3) is 0.769. The van der Waals surface area contributed by atoms with E-state index in [-0.39, 0.29) is 0 Å². The van der Waals surface area contributed by atoms with Crippen LogP contribution in [0.2, 0.25) is 0 Å². The van der Waals surface area contributed by atoms with Crippen molar-refractivity contribution < 1.29 is 0 Å². The SMILES string of the molecule is CC(C)c1nc(C(C)NC(C)C(C)C)cs1. The van der Waals surface area contributed by atoms with Crippen LogP contribution in [0.5, 0.6) is 0 Å². The summed E-state index contributed by atoms with van der Waals surface area (Å²) in [6.45, 7) is 13.3. The zero-order valence-electron chi connectivity index (χ0n) is 11.2. The van der Waals surface area contributed by atoms with E-state index >= 15 is 0 Å². The monoisotopic (exact) mass is 240 g/mol. The van der Waals surface area contributed by atoms with Crippen molar-refractivity contribution in [2.75, 3.05) is 0 Å². The minimum Gasteiger partial charge on any atom is -0.306 e. The molecule has 0 aliphatic rings. The number of hydrogen-bond acceptors (Lipinski definition) is 3. The van der Waals surface area contributed by atoms with Crippen LogP contribution in [0.4, 0.5) is 0 Å². The first kappa shape index (κ1) is 13.7. The molecule has 1 heterocycles. The van der Waals surface area contributed by atoms with Gasteiger partial charge in [0, 0.05) is 23.4 Å². The minimum atomic E-state index is 0.348. The first-order chi connectivity index (χ1) is 7.41. The maximum absolute atomic E-state index is 4.68. The molecule has 0 spiro atoms. The molecule has 92 valence electrons. The molecule has 2 nitrogen and oxygen atoms in total. The Bertz CT molecular complexity index is 317. The fourth-order valence-corrected chi connectivity index (χ4v) is 2.37. The Labute approximate surface area is 103 Å². The van der Waals surface area contributed by atoms with Crippen molar-refractivity contribution in [3.8, 4) is 0 Å². The van der Waals surface area contributed by atoms with Crippen molar-refractivity contribution >= 4 is 11.3 Å². The lowest BCUT2D eigenvalue weighted by molar-refractivity contribution is 0.385. The highest BCUT2D eigenvalue weighted by atomic mass is 32.1. The summed E-state index contributed by atoms with van der Waals surface area (Å²) in [7, 11) is 0. The predicted molar refractivity (Wildman–Crippen MR) is 72.1 cm³/mol. The van der Waals surface area contributed by atoms with E-state index in [1.807, 2.05) is 0 Å². The largest absolute Gasteiger partial charge is 0.306 e. The molecule has 0 aromatic carbocycles. The Balaban J connectivity index is 2.62. The number of rotatable bonds is 5. The topological polar surface area (TPSA) is 24.9 Å². The molecule has 2 unspecified atom stereocenters. The van der Waals surface area contributed by atoms with Crippen molar-refractivity contribution in [2.45, 2.75) is 59.5 Å². The van der Waals surface area contributed by atoms with Crippen molar-refractivity contribution in [2.24, 2.45) is 5.92 Å². The molecular weight excluding hydrogens is 216 g/mol.